The van der Waals surface area contributed by atoms with Crippen LogP contribution < -0.4 is 10.1 Å². The Labute approximate surface area is 124 Å². The molecular formula is C15H18ClN3O. The number of nitrogens with one attached hydrogen (secondary N) is 1. The zero-order chi connectivity index (χ0) is 14.7. The Hall–Kier alpha value is -1.81. The maximum atomic E-state index is 6.03. The van der Waals surface area contributed by atoms with Crippen LogP contribution in [0.3, 0.4) is 0 Å². The smallest absolute Gasteiger partial charge is 0.227 e. The fourth-order valence-electron chi connectivity index (χ4n) is 2.04. The highest BCUT2D eigenvalue weighted by Crippen LogP contribution is 2.32. The van der Waals surface area contributed by atoms with Gasteiger partial charge >= 0.3 is 0 Å². The molecule has 0 bridgehead atoms. The lowest BCUT2D eigenvalue weighted by Crippen LogP contribution is -2.04. The number of hydrogen-bond donors (Lipinski definition) is 1. The Bertz CT molecular complexity index is 606. The van der Waals surface area contributed by atoms with E-state index in [9.17, 15) is 0 Å². The van der Waals surface area contributed by atoms with E-state index in [-0.39, 0.29) is 0 Å². The molecule has 0 aliphatic rings. The molecule has 1 N–H and O–H groups in total. The first kappa shape index (κ1) is 14.6. The quantitative estimate of drug-likeness (QED) is 0.913. The molecule has 2 rings (SSSR count). The summed E-state index contributed by atoms with van der Waals surface area (Å²) < 4.78 is 5.96. The van der Waals surface area contributed by atoms with E-state index < -0.39 is 0 Å². The van der Waals surface area contributed by atoms with E-state index in [1.807, 2.05) is 39.8 Å². The van der Waals surface area contributed by atoms with Crippen LogP contribution in [-0.2, 0) is 0 Å². The Morgan fingerprint density at radius 2 is 1.80 bits per heavy atom. The van der Waals surface area contributed by atoms with E-state index in [1.54, 1.807) is 0 Å². The summed E-state index contributed by atoms with van der Waals surface area (Å²) in [5.74, 6) is 2.14. The molecule has 0 fully saturated rings. The molecule has 1 aromatic heterocycles. The fourth-order valence-corrected chi connectivity index (χ4v) is 2.36. The largest absolute Gasteiger partial charge is 0.438 e. The van der Waals surface area contributed by atoms with Gasteiger partial charge in [-0.25, -0.2) is 9.97 Å². The predicted octanol–water partition coefficient (Wildman–Crippen LogP) is 4.28. The average Bonchev–Trinajstić information content (AvgIpc) is 2.38. The van der Waals surface area contributed by atoms with Crippen LogP contribution in [0.5, 0.6) is 11.6 Å². The number of halogens is 1. The van der Waals surface area contributed by atoms with Gasteiger partial charge in [-0.05, 0) is 51.0 Å². The molecule has 106 valence electrons. The Morgan fingerprint density at radius 3 is 2.40 bits per heavy atom. The SMILES string of the molecule is CCNc1ncnc(Oc2c(C)cc(Cl)cc2C)c1C. The van der Waals surface area contributed by atoms with Gasteiger partial charge in [-0.3, -0.25) is 0 Å². The summed E-state index contributed by atoms with van der Waals surface area (Å²) in [5.41, 5.74) is 2.86. The van der Waals surface area contributed by atoms with Gasteiger partial charge in [0.25, 0.3) is 0 Å². The van der Waals surface area contributed by atoms with E-state index in [1.165, 1.54) is 6.33 Å². The number of benzene rings is 1. The highest BCUT2D eigenvalue weighted by molar-refractivity contribution is 6.30. The van der Waals surface area contributed by atoms with Crippen molar-refractivity contribution in [1.82, 2.24) is 9.97 Å². The molecule has 4 nitrogen and oxygen atoms in total. The number of ether oxygens (including phenoxy) is 1. The maximum absolute atomic E-state index is 6.03. The van der Waals surface area contributed by atoms with Crippen molar-refractivity contribution in [2.24, 2.45) is 0 Å². The van der Waals surface area contributed by atoms with Crippen molar-refractivity contribution in [3.63, 3.8) is 0 Å². The number of hydrogen-bond acceptors (Lipinski definition) is 4. The molecule has 0 radical (unpaired) electrons. The molecule has 0 spiro atoms. The zero-order valence-corrected chi connectivity index (χ0v) is 12.9. The third kappa shape index (κ3) is 3.02. The van der Waals surface area contributed by atoms with Crippen molar-refractivity contribution in [2.45, 2.75) is 27.7 Å². The molecule has 1 aromatic carbocycles. The zero-order valence-electron chi connectivity index (χ0n) is 12.1. The molecule has 0 unspecified atom stereocenters. The number of nitrogens with zero attached hydrogens (tertiary/aromatic N) is 2. The second-order valence-electron chi connectivity index (χ2n) is 4.65. The van der Waals surface area contributed by atoms with Crippen LogP contribution in [-0.4, -0.2) is 16.5 Å². The topological polar surface area (TPSA) is 47.0 Å². The first-order chi connectivity index (χ1) is 9.52. The van der Waals surface area contributed by atoms with Crippen LogP contribution in [0, 0.1) is 20.8 Å². The van der Waals surface area contributed by atoms with E-state index in [0.29, 0.717) is 10.9 Å². The lowest BCUT2D eigenvalue weighted by Gasteiger charge is -2.14. The highest BCUT2D eigenvalue weighted by atomic mass is 35.5. The van der Waals surface area contributed by atoms with Crippen LogP contribution in [0.4, 0.5) is 5.82 Å². The minimum Gasteiger partial charge on any atom is -0.438 e. The molecule has 1 heterocycles. The van der Waals surface area contributed by atoms with Gasteiger partial charge in [0.2, 0.25) is 5.88 Å². The Morgan fingerprint density at radius 1 is 1.15 bits per heavy atom. The van der Waals surface area contributed by atoms with Crippen LogP contribution in [0.15, 0.2) is 18.5 Å². The van der Waals surface area contributed by atoms with E-state index >= 15 is 0 Å². The van der Waals surface area contributed by atoms with Gasteiger partial charge in [-0.1, -0.05) is 11.6 Å². The van der Waals surface area contributed by atoms with Gasteiger partial charge in [0.1, 0.15) is 17.9 Å². The summed E-state index contributed by atoms with van der Waals surface area (Å²) in [6.07, 6.45) is 1.50. The minimum atomic E-state index is 0.560. The Balaban J connectivity index is 2.38. The van der Waals surface area contributed by atoms with Crippen molar-refractivity contribution in [3.05, 3.63) is 40.2 Å². The van der Waals surface area contributed by atoms with Crippen LogP contribution in [0.2, 0.25) is 5.02 Å². The predicted molar refractivity (Wildman–Crippen MR) is 81.9 cm³/mol. The van der Waals surface area contributed by atoms with Crippen molar-refractivity contribution in [2.75, 3.05) is 11.9 Å². The summed E-state index contributed by atoms with van der Waals surface area (Å²) >= 11 is 6.03. The van der Waals surface area contributed by atoms with Gasteiger partial charge < -0.3 is 10.1 Å². The first-order valence-corrected chi connectivity index (χ1v) is 6.90. The van der Waals surface area contributed by atoms with Crippen molar-refractivity contribution < 1.29 is 4.74 Å². The second kappa shape index (κ2) is 6.09. The van der Waals surface area contributed by atoms with Crippen LogP contribution in [0.25, 0.3) is 0 Å². The Kier molecular flexibility index (Phi) is 4.45. The van der Waals surface area contributed by atoms with Crippen molar-refractivity contribution in [3.8, 4) is 11.6 Å². The van der Waals surface area contributed by atoms with Gasteiger partial charge in [0, 0.05) is 11.6 Å². The van der Waals surface area contributed by atoms with E-state index in [0.717, 1.165) is 34.8 Å². The fraction of sp³-hybridized carbons (Fsp3) is 0.333. The third-order valence-corrected chi connectivity index (χ3v) is 3.22. The van der Waals surface area contributed by atoms with Gasteiger partial charge in [0.15, 0.2) is 0 Å². The number of anilines is 1. The van der Waals surface area contributed by atoms with Gasteiger partial charge in [0.05, 0.1) is 5.56 Å². The lowest BCUT2D eigenvalue weighted by atomic mass is 10.1. The number of rotatable bonds is 4. The molecule has 0 amide bonds. The summed E-state index contributed by atoms with van der Waals surface area (Å²) in [7, 11) is 0. The van der Waals surface area contributed by atoms with Gasteiger partial charge in [-0.2, -0.15) is 0 Å². The van der Waals surface area contributed by atoms with Crippen molar-refractivity contribution >= 4 is 17.4 Å². The minimum absolute atomic E-state index is 0.560. The molecular weight excluding hydrogens is 274 g/mol. The lowest BCUT2D eigenvalue weighted by molar-refractivity contribution is 0.451. The summed E-state index contributed by atoms with van der Waals surface area (Å²) in [6.45, 7) is 8.70. The first-order valence-electron chi connectivity index (χ1n) is 6.53. The van der Waals surface area contributed by atoms with E-state index in [2.05, 4.69) is 15.3 Å². The van der Waals surface area contributed by atoms with E-state index in [4.69, 9.17) is 16.3 Å². The normalized spacial score (nSPS) is 10.4. The highest BCUT2D eigenvalue weighted by Gasteiger charge is 2.12. The molecule has 0 atom stereocenters. The van der Waals surface area contributed by atoms with Crippen LogP contribution in [0.1, 0.15) is 23.6 Å². The molecule has 0 saturated carbocycles. The van der Waals surface area contributed by atoms with Crippen LogP contribution >= 0.6 is 11.6 Å². The third-order valence-electron chi connectivity index (χ3n) is 3.01. The summed E-state index contributed by atoms with van der Waals surface area (Å²) in [4.78, 5) is 8.42. The molecule has 5 heteroatoms. The number of aromatic nitrogens is 2. The molecule has 0 aliphatic heterocycles. The molecule has 20 heavy (non-hydrogen) atoms. The summed E-state index contributed by atoms with van der Waals surface area (Å²) in [6, 6.07) is 3.76. The van der Waals surface area contributed by atoms with Crippen molar-refractivity contribution in [1.29, 1.82) is 0 Å². The maximum Gasteiger partial charge on any atom is 0.227 e. The average molecular weight is 292 g/mol. The standard InChI is InChI=1S/C15H18ClN3O/c1-5-17-14-11(4)15(19-8-18-14)20-13-9(2)6-12(16)7-10(13)3/h6-8H,5H2,1-4H3,(H,17,18,19). The molecule has 0 aliphatic carbocycles. The summed E-state index contributed by atoms with van der Waals surface area (Å²) in [5, 5.41) is 3.90. The number of aryl methyl sites for hydroxylation is 2. The second-order valence-corrected chi connectivity index (χ2v) is 5.09. The molecule has 2 aromatic rings. The monoisotopic (exact) mass is 291 g/mol. The molecule has 0 saturated heterocycles. The van der Waals surface area contributed by atoms with Gasteiger partial charge in [-0.15, -0.1) is 0 Å².